The first kappa shape index (κ1) is 24.3. The minimum absolute atomic E-state index is 0.202. The van der Waals surface area contributed by atoms with E-state index in [4.69, 9.17) is 19.4 Å². The lowest BCUT2D eigenvalue weighted by atomic mass is 10.1. The summed E-state index contributed by atoms with van der Waals surface area (Å²) >= 11 is 0. The van der Waals surface area contributed by atoms with Gasteiger partial charge in [0.2, 0.25) is 5.91 Å². The molecule has 2 unspecified atom stereocenters. The van der Waals surface area contributed by atoms with Crippen LogP contribution in [-0.2, 0) is 16.6 Å². The van der Waals surface area contributed by atoms with Gasteiger partial charge < -0.3 is 20.1 Å². The number of amides is 1. The van der Waals surface area contributed by atoms with Crippen LogP contribution in [0.4, 0.5) is 21.6 Å². The number of ether oxygens (including phenoxy) is 2. The zero-order valence-electron chi connectivity index (χ0n) is 21.4. The van der Waals surface area contributed by atoms with Crippen molar-refractivity contribution in [2.24, 2.45) is 13.0 Å². The molecule has 2 fully saturated rings. The SMILES string of the molecule is COc1c(Nc2cc(NC(=O)C3C[C@@H]3F)nc3c2nc(C)n3C2CCCCO2)cccc1-c1ncn(C)n1. The molecule has 4 aromatic rings. The molecular formula is C26H29FN8O3. The molecule has 0 spiro atoms. The number of aromatic nitrogens is 6. The Morgan fingerprint density at radius 1 is 1.24 bits per heavy atom. The number of nitrogens with one attached hydrogen (secondary N) is 2. The topological polar surface area (TPSA) is 121 Å². The first-order valence-electron chi connectivity index (χ1n) is 12.7. The number of fused-ring (bicyclic) bond motifs is 1. The van der Waals surface area contributed by atoms with E-state index in [9.17, 15) is 9.18 Å². The third-order valence-corrected chi connectivity index (χ3v) is 6.90. The summed E-state index contributed by atoms with van der Waals surface area (Å²) in [6, 6.07) is 7.35. The highest BCUT2D eigenvalue weighted by molar-refractivity contribution is 5.98. The van der Waals surface area contributed by atoms with E-state index >= 15 is 0 Å². The van der Waals surface area contributed by atoms with Crippen LogP contribution in [0, 0.1) is 12.8 Å². The molecule has 4 heterocycles. The van der Waals surface area contributed by atoms with Crippen molar-refractivity contribution in [3.63, 3.8) is 0 Å². The molecule has 1 aliphatic carbocycles. The Balaban J connectivity index is 1.44. The standard InChI is InChI=1S/C26H29FN8O3/c1-14-29-22-19(30-18-8-6-7-15(23(18)37-3)24-28-13-34(2)33-24)12-20(32-26(36)16-11-17(16)27)31-25(22)35(14)21-9-4-5-10-38-21/h6-8,12-13,16-17,21H,4-5,9-11H2,1-3H3,(H2,30,31,32,36)/t16?,17-,21?/m0/s1. The van der Waals surface area contributed by atoms with Gasteiger partial charge in [-0.3, -0.25) is 14.0 Å². The van der Waals surface area contributed by atoms with Crippen molar-refractivity contribution < 1.29 is 18.7 Å². The Bertz CT molecular complexity index is 1510. The quantitative estimate of drug-likeness (QED) is 0.370. The fourth-order valence-corrected chi connectivity index (χ4v) is 4.90. The number of imidazole rings is 1. The predicted molar refractivity (Wildman–Crippen MR) is 139 cm³/mol. The molecule has 3 aromatic heterocycles. The minimum atomic E-state index is -1.10. The van der Waals surface area contributed by atoms with Gasteiger partial charge in [-0.05, 0) is 44.7 Å². The highest BCUT2D eigenvalue weighted by atomic mass is 19.1. The molecule has 11 nitrogen and oxygen atoms in total. The first-order valence-corrected chi connectivity index (χ1v) is 12.7. The fraction of sp³-hybridized carbons (Fsp3) is 0.423. The molecule has 1 aliphatic heterocycles. The van der Waals surface area contributed by atoms with Crippen molar-refractivity contribution in [1.29, 1.82) is 0 Å². The number of anilines is 3. The van der Waals surface area contributed by atoms with E-state index in [-0.39, 0.29) is 18.6 Å². The van der Waals surface area contributed by atoms with E-state index in [2.05, 4.69) is 20.7 Å². The number of alkyl halides is 1. The second-order valence-electron chi connectivity index (χ2n) is 9.68. The van der Waals surface area contributed by atoms with Crippen LogP contribution in [0.1, 0.15) is 37.7 Å². The van der Waals surface area contributed by atoms with Gasteiger partial charge in [-0.25, -0.2) is 19.3 Å². The molecule has 2 aliphatic rings. The van der Waals surface area contributed by atoms with E-state index < -0.39 is 12.1 Å². The monoisotopic (exact) mass is 520 g/mol. The van der Waals surface area contributed by atoms with Crippen LogP contribution in [0.5, 0.6) is 5.75 Å². The summed E-state index contributed by atoms with van der Waals surface area (Å²) in [6.07, 6.45) is 3.44. The maximum absolute atomic E-state index is 13.6. The number of carbonyl (C=O) groups is 1. The number of hydrogen-bond acceptors (Lipinski definition) is 8. The molecule has 6 rings (SSSR count). The normalized spacial score (nSPS) is 20.9. The van der Waals surface area contributed by atoms with Crippen LogP contribution in [0.2, 0.25) is 0 Å². The van der Waals surface area contributed by atoms with Crippen molar-refractivity contribution in [3.05, 3.63) is 36.4 Å². The number of hydrogen-bond donors (Lipinski definition) is 2. The van der Waals surface area contributed by atoms with Gasteiger partial charge >= 0.3 is 0 Å². The smallest absolute Gasteiger partial charge is 0.231 e. The Kier molecular flexibility index (Phi) is 6.18. The maximum atomic E-state index is 13.6. The van der Waals surface area contributed by atoms with Gasteiger partial charge in [0.1, 0.15) is 35.9 Å². The lowest BCUT2D eigenvalue weighted by molar-refractivity contribution is -0.117. The maximum Gasteiger partial charge on any atom is 0.231 e. The van der Waals surface area contributed by atoms with Crippen molar-refractivity contribution in [1.82, 2.24) is 29.3 Å². The van der Waals surface area contributed by atoms with Gasteiger partial charge in [-0.15, -0.1) is 0 Å². The number of pyridine rings is 1. The molecule has 0 bridgehead atoms. The largest absolute Gasteiger partial charge is 0.494 e. The second kappa shape index (κ2) is 9.67. The van der Waals surface area contributed by atoms with Crippen LogP contribution < -0.4 is 15.4 Å². The zero-order chi connectivity index (χ0) is 26.4. The minimum Gasteiger partial charge on any atom is -0.494 e. The van der Waals surface area contributed by atoms with Gasteiger partial charge in [-0.2, -0.15) is 5.10 Å². The molecule has 198 valence electrons. The summed E-state index contributed by atoms with van der Waals surface area (Å²) < 4.78 is 29.0. The van der Waals surface area contributed by atoms with Crippen LogP contribution in [-0.4, -0.2) is 55.1 Å². The number of rotatable bonds is 7. The van der Waals surface area contributed by atoms with E-state index in [0.29, 0.717) is 46.5 Å². The van der Waals surface area contributed by atoms with Crippen molar-refractivity contribution in [2.75, 3.05) is 24.4 Å². The Morgan fingerprint density at radius 2 is 2.08 bits per heavy atom. The molecule has 38 heavy (non-hydrogen) atoms. The molecule has 1 amide bonds. The van der Waals surface area contributed by atoms with Crippen LogP contribution in [0.3, 0.4) is 0 Å². The summed E-state index contributed by atoms with van der Waals surface area (Å²) in [5.41, 5.74) is 3.18. The van der Waals surface area contributed by atoms with Gasteiger partial charge in [0, 0.05) is 19.7 Å². The van der Waals surface area contributed by atoms with E-state index in [1.165, 1.54) is 0 Å². The van der Waals surface area contributed by atoms with Crippen LogP contribution in [0.15, 0.2) is 30.6 Å². The Morgan fingerprint density at radius 3 is 2.76 bits per heavy atom. The predicted octanol–water partition coefficient (Wildman–Crippen LogP) is 4.28. The van der Waals surface area contributed by atoms with Crippen LogP contribution >= 0.6 is 0 Å². The first-order chi connectivity index (χ1) is 18.4. The van der Waals surface area contributed by atoms with Crippen molar-refractivity contribution in [3.8, 4) is 17.1 Å². The Labute approximate surface area is 218 Å². The van der Waals surface area contributed by atoms with E-state index in [1.807, 2.05) is 29.7 Å². The number of para-hydroxylation sites is 1. The molecule has 1 saturated carbocycles. The summed E-state index contributed by atoms with van der Waals surface area (Å²) in [6.45, 7) is 2.57. The number of methoxy groups -OCH3 is 1. The number of benzene rings is 1. The highest BCUT2D eigenvalue weighted by Crippen LogP contribution is 2.40. The summed E-state index contributed by atoms with van der Waals surface area (Å²) in [5.74, 6) is 1.12. The lowest BCUT2D eigenvalue weighted by Gasteiger charge is -2.25. The summed E-state index contributed by atoms with van der Waals surface area (Å²) in [7, 11) is 3.39. The third kappa shape index (κ3) is 4.44. The number of nitrogens with zero attached hydrogens (tertiary/aromatic N) is 6. The highest BCUT2D eigenvalue weighted by Gasteiger charge is 2.43. The number of aryl methyl sites for hydroxylation is 2. The fourth-order valence-electron chi connectivity index (χ4n) is 4.90. The molecule has 3 atom stereocenters. The second-order valence-corrected chi connectivity index (χ2v) is 9.68. The average molecular weight is 521 g/mol. The molecule has 1 aromatic carbocycles. The van der Waals surface area contributed by atoms with E-state index in [0.717, 1.165) is 30.7 Å². The van der Waals surface area contributed by atoms with Gasteiger partial charge in [0.25, 0.3) is 0 Å². The summed E-state index contributed by atoms with van der Waals surface area (Å²) in [5, 5.41) is 10.6. The van der Waals surface area contributed by atoms with Gasteiger partial charge in [0.15, 0.2) is 17.2 Å². The number of carbonyl (C=O) groups excluding carboxylic acids is 1. The summed E-state index contributed by atoms with van der Waals surface area (Å²) in [4.78, 5) is 26.5. The van der Waals surface area contributed by atoms with Crippen molar-refractivity contribution >= 4 is 34.3 Å². The number of halogens is 1. The average Bonchev–Trinajstić information content (AvgIpc) is 3.33. The zero-order valence-corrected chi connectivity index (χ0v) is 21.4. The third-order valence-electron chi connectivity index (χ3n) is 6.90. The molecule has 2 N–H and O–H groups in total. The van der Waals surface area contributed by atoms with Crippen LogP contribution in [0.25, 0.3) is 22.6 Å². The Hall–Kier alpha value is -4.06. The lowest BCUT2D eigenvalue weighted by Crippen LogP contribution is -2.20. The van der Waals surface area contributed by atoms with E-state index in [1.54, 1.807) is 31.2 Å². The molecule has 1 saturated heterocycles. The van der Waals surface area contributed by atoms with Gasteiger partial charge in [0.05, 0.1) is 30.0 Å². The van der Waals surface area contributed by atoms with Crippen molar-refractivity contribution in [2.45, 2.75) is 45.0 Å². The molecule has 12 heteroatoms. The molecular weight excluding hydrogens is 491 g/mol. The van der Waals surface area contributed by atoms with Gasteiger partial charge in [-0.1, -0.05) is 6.07 Å². The molecule has 0 radical (unpaired) electrons.